The molecule has 0 radical (unpaired) electrons. The first-order chi connectivity index (χ1) is 15.3. The van der Waals surface area contributed by atoms with Gasteiger partial charge in [0.05, 0.1) is 12.0 Å². The maximum atomic E-state index is 13.6. The van der Waals surface area contributed by atoms with Gasteiger partial charge in [-0.1, -0.05) is 60.2 Å². The summed E-state index contributed by atoms with van der Waals surface area (Å²) in [6.07, 6.45) is 0. The van der Waals surface area contributed by atoms with Crippen molar-refractivity contribution in [3.63, 3.8) is 0 Å². The second-order valence-electron chi connectivity index (χ2n) is 7.79. The van der Waals surface area contributed by atoms with Crippen LogP contribution in [0.1, 0.15) is 27.4 Å². The van der Waals surface area contributed by atoms with Gasteiger partial charge in [-0.3, -0.25) is 9.59 Å². The van der Waals surface area contributed by atoms with Gasteiger partial charge >= 0.3 is 0 Å². The van der Waals surface area contributed by atoms with Crippen molar-refractivity contribution in [2.75, 3.05) is 7.11 Å². The Bertz CT molecular complexity index is 1240. The number of nitrogens with one attached hydrogen (secondary N) is 1. The summed E-state index contributed by atoms with van der Waals surface area (Å²) < 4.78 is 32.3. The molecule has 0 aromatic heterocycles. The average molecular weight is 450 g/mol. The van der Waals surface area contributed by atoms with Gasteiger partial charge in [0.25, 0.3) is 0 Å². The maximum Gasteiger partial charge on any atom is 0.240 e. The zero-order chi connectivity index (χ0) is 22.9. The van der Waals surface area contributed by atoms with Crippen molar-refractivity contribution >= 4 is 21.5 Å². The molecule has 0 spiro atoms. The summed E-state index contributed by atoms with van der Waals surface area (Å²) in [7, 11) is -2.53. The van der Waals surface area contributed by atoms with Gasteiger partial charge in [-0.05, 0) is 36.8 Å². The first-order valence-corrected chi connectivity index (χ1v) is 11.7. The minimum absolute atomic E-state index is 0.0505. The van der Waals surface area contributed by atoms with Crippen molar-refractivity contribution in [3.05, 3.63) is 95.6 Å². The molecule has 4 rings (SSSR count). The Labute approximate surface area is 187 Å². The second-order valence-corrected chi connectivity index (χ2v) is 9.86. The van der Waals surface area contributed by atoms with Crippen LogP contribution < -0.4 is 10.1 Å². The van der Waals surface area contributed by atoms with Gasteiger partial charge in [-0.2, -0.15) is 0 Å². The lowest BCUT2D eigenvalue weighted by atomic mass is 9.87. The molecule has 0 saturated carbocycles. The number of carbonyl (C=O) groups excluding carboxylic acids is 2. The molecule has 164 valence electrons. The Morgan fingerprint density at radius 2 is 1.53 bits per heavy atom. The van der Waals surface area contributed by atoms with Crippen molar-refractivity contribution in [2.24, 2.45) is 0 Å². The Hall–Kier alpha value is -3.45. The van der Waals surface area contributed by atoms with Crippen LogP contribution in [-0.2, 0) is 14.6 Å². The molecule has 1 unspecified atom stereocenters. The summed E-state index contributed by atoms with van der Waals surface area (Å²) in [5.41, 5.74) is 1.88. The summed E-state index contributed by atoms with van der Waals surface area (Å²) in [6, 6.07) is 20.7. The summed E-state index contributed by atoms with van der Waals surface area (Å²) in [4.78, 5) is 26.4. The highest BCUT2D eigenvalue weighted by molar-refractivity contribution is 7.93. The molecule has 6 nitrogen and oxygen atoms in total. The SMILES string of the molecule is COc1ccc([C@@H]2C(S(=O)(=O)c3ccc(C)cc3)C(=O)N[C@@H]2C(=O)c2ccccc2)cc1. The number of rotatable bonds is 6. The van der Waals surface area contributed by atoms with Gasteiger partial charge in [0.15, 0.2) is 20.9 Å². The molecular formula is C25H23NO5S. The minimum Gasteiger partial charge on any atom is -0.497 e. The molecule has 32 heavy (non-hydrogen) atoms. The van der Waals surface area contributed by atoms with Crippen LogP contribution in [0.2, 0.25) is 0 Å². The van der Waals surface area contributed by atoms with E-state index in [-0.39, 0.29) is 10.7 Å². The van der Waals surface area contributed by atoms with Crippen LogP contribution in [0.5, 0.6) is 5.75 Å². The second kappa shape index (κ2) is 8.59. The average Bonchev–Trinajstić information content (AvgIpc) is 3.17. The number of methoxy groups -OCH3 is 1. The molecule has 0 bridgehead atoms. The number of Topliss-reactive ketones (excluding diaryl/α,β-unsaturated/α-hetero) is 1. The summed E-state index contributed by atoms with van der Waals surface area (Å²) >= 11 is 0. The molecule has 3 atom stereocenters. The molecule has 1 aliphatic rings. The van der Waals surface area contributed by atoms with Crippen molar-refractivity contribution in [2.45, 2.75) is 29.0 Å². The normalized spacial score (nSPS) is 20.6. The van der Waals surface area contributed by atoms with Crippen molar-refractivity contribution in [1.82, 2.24) is 5.32 Å². The molecule has 1 heterocycles. The van der Waals surface area contributed by atoms with E-state index in [1.807, 2.05) is 6.92 Å². The first kappa shape index (κ1) is 21.8. The topological polar surface area (TPSA) is 89.5 Å². The van der Waals surface area contributed by atoms with E-state index in [2.05, 4.69) is 5.32 Å². The van der Waals surface area contributed by atoms with Crippen molar-refractivity contribution in [3.8, 4) is 5.75 Å². The van der Waals surface area contributed by atoms with Gasteiger partial charge in [0.2, 0.25) is 5.91 Å². The fraction of sp³-hybridized carbons (Fsp3) is 0.200. The number of carbonyl (C=O) groups is 2. The number of ether oxygens (including phenoxy) is 1. The zero-order valence-electron chi connectivity index (χ0n) is 17.7. The number of aryl methyl sites for hydroxylation is 1. The zero-order valence-corrected chi connectivity index (χ0v) is 18.5. The van der Waals surface area contributed by atoms with Crippen LogP contribution in [0.15, 0.2) is 83.8 Å². The summed E-state index contributed by atoms with van der Waals surface area (Å²) in [6.45, 7) is 1.85. The largest absolute Gasteiger partial charge is 0.497 e. The Kier molecular flexibility index (Phi) is 5.84. The Morgan fingerprint density at radius 1 is 0.906 bits per heavy atom. The third kappa shape index (κ3) is 3.91. The third-order valence-electron chi connectivity index (χ3n) is 5.77. The summed E-state index contributed by atoms with van der Waals surface area (Å²) in [5.74, 6) is -1.32. The van der Waals surface area contributed by atoms with E-state index in [0.717, 1.165) is 5.56 Å². The molecule has 7 heteroatoms. The maximum absolute atomic E-state index is 13.6. The van der Waals surface area contributed by atoms with Crippen LogP contribution >= 0.6 is 0 Å². The molecule has 1 fully saturated rings. The number of hydrogen-bond donors (Lipinski definition) is 1. The number of ketones is 1. The number of benzene rings is 3. The van der Waals surface area contributed by atoms with Crippen LogP contribution in [0.25, 0.3) is 0 Å². The monoisotopic (exact) mass is 449 g/mol. The molecular weight excluding hydrogens is 426 g/mol. The molecule has 3 aromatic carbocycles. The van der Waals surface area contributed by atoms with Crippen molar-refractivity contribution < 1.29 is 22.7 Å². The lowest BCUT2D eigenvalue weighted by molar-refractivity contribution is -0.119. The van der Waals surface area contributed by atoms with E-state index in [1.165, 1.54) is 19.2 Å². The molecule has 1 aliphatic heterocycles. The van der Waals surface area contributed by atoms with Gasteiger partial charge in [0, 0.05) is 11.5 Å². The van der Waals surface area contributed by atoms with Crippen LogP contribution in [-0.4, -0.2) is 38.5 Å². The summed E-state index contributed by atoms with van der Waals surface area (Å²) in [5, 5.41) is 1.23. The first-order valence-electron chi connectivity index (χ1n) is 10.2. The van der Waals surface area contributed by atoms with E-state index in [0.29, 0.717) is 16.9 Å². The highest BCUT2D eigenvalue weighted by Crippen LogP contribution is 2.38. The van der Waals surface area contributed by atoms with Gasteiger partial charge in [-0.15, -0.1) is 0 Å². The van der Waals surface area contributed by atoms with Crippen LogP contribution in [0.3, 0.4) is 0 Å². The minimum atomic E-state index is -4.06. The number of amides is 1. The Balaban J connectivity index is 1.83. The lowest BCUT2D eigenvalue weighted by Crippen LogP contribution is -2.36. The number of sulfone groups is 1. The predicted molar refractivity (Wildman–Crippen MR) is 121 cm³/mol. The van der Waals surface area contributed by atoms with E-state index in [1.54, 1.807) is 66.7 Å². The van der Waals surface area contributed by atoms with E-state index in [4.69, 9.17) is 4.74 Å². The number of hydrogen-bond acceptors (Lipinski definition) is 5. The fourth-order valence-electron chi connectivity index (χ4n) is 4.08. The third-order valence-corrected chi connectivity index (χ3v) is 7.87. The van der Waals surface area contributed by atoms with Gasteiger partial charge in [-0.25, -0.2) is 8.42 Å². The molecule has 0 aliphatic carbocycles. The standard InChI is InChI=1S/C25H23NO5S/c1-16-8-14-20(15-9-16)32(29,30)24-21(17-10-12-19(31-2)13-11-17)22(26-25(24)28)23(27)18-6-4-3-5-7-18/h3-15,21-22,24H,1-2H3,(H,26,28)/t21-,22-,24?/m0/s1. The molecule has 1 amide bonds. The van der Waals surface area contributed by atoms with E-state index < -0.39 is 33.0 Å². The van der Waals surface area contributed by atoms with E-state index >= 15 is 0 Å². The highest BCUT2D eigenvalue weighted by Gasteiger charge is 2.53. The quantitative estimate of drug-likeness (QED) is 0.583. The smallest absolute Gasteiger partial charge is 0.240 e. The van der Waals surface area contributed by atoms with Gasteiger partial charge in [0.1, 0.15) is 11.8 Å². The lowest BCUT2D eigenvalue weighted by Gasteiger charge is -2.23. The van der Waals surface area contributed by atoms with Crippen LogP contribution in [0.4, 0.5) is 0 Å². The highest BCUT2D eigenvalue weighted by atomic mass is 32.2. The van der Waals surface area contributed by atoms with E-state index in [9.17, 15) is 18.0 Å². The van der Waals surface area contributed by atoms with Crippen LogP contribution in [0, 0.1) is 6.92 Å². The molecule has 1 saturated heterocycles. The van der Waals surface area contributed by atoms with Gasteiger partial charge < -0.3 is 10.1 Å². The Morgan fingerprint density at radius 3 is 2.12 bits per heavy atom. The fourth-order valence-corrected chi connectivity index (χ4v) is 5.93. The van der Waals surface area contributed by atoms with Crippen molar-refractivity contribution in [1.29, 1.82) is 0 Å². The molecule has 1 N–H and O–H groups in total. The predicted octanol–water partition coefficient (Wildman–Crippen LogP) is 3.31. The molecule has 3 aromatic rings.